The molecule has 0 amide bonds. The van der Waals surface area contributed by atoms with Crippen LogP contribution < -0.4 is 5.73 Å². The summed E-state index contributed by atoms with van der Waals surface area (Å²) >= 11 is 3.27. The molecule has 0 bridgehead atoms. The monoisotopic (exact) mass is 286 g/mol. The van der Waals surface area contributed by atoms with Gasteiger partial charge in [0.15, 0.2) is 0 Å². The van der Waals surface area contributed by atoms with Crippen LogP contribution in [-0.4, -0.2) is 38.1 Å². The Morgan fingerprint density at radius 1 is 1.50 bits per heavy atom. The summed E-state index contributed by atoms with van der Waals surface area (Å²) < 4.78 is 5.86. The second-order valence-corrected chi connectivity index (χ2v) is 4.53. The number of hydrogen-bond donors (Lipinski definition) is 1. The van der Waals surface area contributed by atoms with Crippen molar-refractivity contribution < 1.29 is 9.53 Å². The number of likely N-dealkylation sites (N-methyl/N-ethyl adjacent to an activating group) is 1. The molecule has 2 N–H and O–H groups in total. The van der Waals surface area contributed by atoms with Crippen LogP contribution in [-0.2, 0) is 4.74 Å². The Morgan fingerprint density at radius 2 is 2.19 bits per heavy atom. The number of ether oxygens (including phenoxy) is 1. The average molecular weight is 287 g/mol. The summed E-state index contributed by atoms with van der Waals surface area (Å²) in [6, 6.07) is 5.01. The fourth-order valence-electron chi connectivity index (χ4n) is 1.07. The summed E-state index contributed by atoms with van der Waals surface area (Å²) in [6.45, 7) is 1.08. The molecule has 0 unspecified atom stereocenters. The molecule has 4 nitrogen and oxygen atoms in total. The van der Waals surface area contributed by atoms with Crippen LogP contribution in [0.3, 0.4) is 0 Å². The molecule has 0 fully saturated rings. The standard InChI is InChI=1S/C11H15BrN2O2/c1-14(2)5-6-16-11(15)8-3-4-9(12)10(13)7-8/h3-4,7H,5-6,13H2,1-2H3. The van der Waals surface area contributed by atoms with E-state index in [-0.39, 0.29) is 5.97 Å². The van der Waals surface area contributed by atoms with Crippen LogP contribution in [0, 0.1) is 0 Å². The van der Waals surface area contributed by atoms with Gasteiger partial charge in [0.05, 0.1) is 5.56 Å². The number of hydrogen-bond acceptors (Lipinski definition) is 4. The molecule has 0 radical (unpaired) electrons. The van der Waals surface area contributed by atoms with E-state index >= 15 is 0 Å². The summed E-state index contributed by atoms with van der Waals surface area (Å²) in [6.07, 6.45) is 0. The van der Waals surface area contributed by atoms with Gasteiger partial charge >= 0.3 is 5.97 Å². The van der Waals surface area contributed by atoms with Crippen LogP contribution >= 0.6 is 15.9 Å². The van der Waals surface area contributed by atoms with E-state index in [1.807, 2.05) is 19.0 Å². The molecule has 5 heteroatoms. The Kier molecular flexibility index (Phi) is 4.76. The van der Waals surface area contributed by atoms with Crippen LogP contribution in [0.2, 0.25) is 0 Å². The van der Waals surface area contributed by atoms with Crippen molar-refractivity contribution in [2.45, 2.75) is 0 Å². The topological polar surface area (TPSA) is 55.6 Å². The summed E-state index contributed by atoms with van der Waals surface area (Å²) in [5, 5.41) is 0. The molecule has 0 atom stereocenters. The predicted octanol–water partition coefficient (Wildman–Crippen LogP) is 1.75. The minimum atomic E-state index is -0.346. The number of anilines is 1. The number of carbonyl (C=O) groups excluding carboxylic acids is 1. The largest absolute Gasteiger partial charge is 0.461 e. The molecule has 88 valence electrons. The van der Waals surface area contributed by atoms with Crippen molar-refractivity contribution in [1.29, 1.82) is 0 Å². The van der Waals surface area contributed by atoms with Gasteiger partial charge in [0.1, 0.15) is 6.61 Å². The first-order valence-electron chi connectivity index (χ1n) is 4.87. The number of esters is 1. The molecule has 0 aliphatic rings. The molecule has 1 rings (SSSR count). The zero-order chi connectivity index (χ0) is 12.1. The van der Waals surface area contributed by atoms with Gasteiger partial charge in [-0.1, -0.05) is 0 Å². The molecular weight excluding hydrogens is 272 g/mol. The smallest absolute Gasteiger partial charge is 0.338 e. The van der Waals surface area contributed by atoms with Crippen LogP contribution in [0.15, 0.2) is 22.7 Å². The number of nitrogen functional groups attached to an aromatic ring is 1. The highest BCUT2D eigenvalue weighted by atomic mass is 79.9. The molecule has 16 heavy (non-hydrogen) atoms. The fraction of sp³-hybridized carbons (Fsp3) is 0.364. The number of benzene rings is 1. The first-order chi connectivity index (χ1) is 7.50. The molecule has 0 aromatic heterocycles. The third-order valence-corrected chi connectivity index (χ3v) is 2.73. The van der Waals surface area contributed by atoms with E-state index in [2.05, 4.69) is 15.9 Å². The van der Waals surface area contributed by atoms with E-state index in [1.54, 1.807) is 18.2 Å². The number of nitrogens with two attached hydrogens (primary N) is 1. The Hall–Kier alpha value is -1.07. The average Bonchev–Trinajstić information content (AvgIpc) is 2.21. The van der Waals surface area contributed by atoms with Crippen molar-refractivity contribution in [3.05, 3.63) is 28.2 Å². The maximum Gasteiger partial charge on any atom is 0.338 e. The zero-order valence-electron chi connectivity index (χ0n) is 9.37. The highest BCUT2D eigenvalue weighted by molar-refractivity contribution is 9.10. The molecule has 0 saturated heterocycles. The molecule has 0 aliphatic carbocycles. The van der Waals surface area contributed by atoms with Crippen molar-refractivity contribution in [3.63, 3.8) is 0 Å². The minimum Gasteiger partial charge on any atom is -0.461 e. The third-order valence-electron chi connectivity index (χ3n) is 2.00. The highest BCUT2D eigenvalue weighted by Gasteiger charge is 2.08. The lowest BCUT2D eigenvalue weighted by atomic mass is 10.2. The lowest BCUT2D eigenvalue weighted by Crippen LogP contribution is -2.20. The van der Waals surface area contributed by atoms with E-state index in [0.717, 1.165) is 4.47 Å². The SMILES string of the molecule is CN(C)CCOC(=O)c1ccc(Br)c(N)c1. The Balaban J connectivity index is 2.56. The van der Waals surface area contributed by atoms with Gasteiger partial charge in [0, 0.05) is 16.7 Å². The second-order valence-electron chi connectivity index (χ2n) is 3.68. The predicted molar refractivity (Wildman–Crippen MR) is 67.4 cm³/mol. The lowest BCUT2D eigenvalue weighted by Gasteiger charge is -2.10. The van der Waals surface area contributed by atoms with Crippen LogP contribution in [0.1, 0.15) is 10.4 Å². The second kappa shape index (κ2) is 5.86. The maximum atomic E-state index is 11.6. The van der Waals surface area contributed by atoms with Crippen molar-refractivity contribution in [2.24, 2.45) is 0 Å². The summed E-state index contributed by atoms with van der Waals surface area (Å²) in [7, 11) is 3.84. The van der Waals surface area contributed by atoms with Crippen molar-refractivity contribution in [2.75, 3.05) is 33.0 Å². The van der Waals surface area contributed by atoms with Crippen LogP contribution in [0.25, 0.3) is 0 Å². The van der Waals surface area contributed by atoms with Crippen molar-refractivity contribution in [1.82, 2.24) is 4.90 Å². The fourth-order valence-corrected chi connectivity index (χ4v) is 1.32. The molecular formula is C11H15BrN2O2. The normalized spacial score (nSPS) is 10.5. The number of nitrogens with zero attached hydrogens (tertiary/aromatic N) is 1. The van der Waals surface area contributed by atoms with Crippen molar-refractivity contribution in [3.8, 4) is 0 Å². The van der Waals surface area contributed by atoms with Gasteiger partial charge in [-0.3, -0.25) is 0 Å². The van der Waals surface area contributed by atoms with Gasteiger partial charge in [0.2, 0.25) is 0 Å². The molecule has 1 aromatic carbocycles. The number of carbonyl (C=O) groups is 1. The van der Waals surface area contributed by atoms with Gasteiger partial charge in [-0.15, -0.1) is 0 Å². The molecule has 0 aliphatic heterocycles. The van der Waals surface area contributed by atoms with Crippen molar-refractivity contribution >= 4 is 27.6 Å². The molecule has 1 aromatic rings. The Labute approximate surface area is 103 Å². The van der Waals surface area contributed by atoms with Crippen LogP contribution in [0.5, 0.6) is 0 Å². The van der Waals surface area contributed by atoms with Gasteiger partial charge < -0.3 is 15.4 Å². The number of rotatable bonds is 4. The van der Waals surface area contributed by atoms with Gasteiger partial charge in [-0.25, -0.2) is 4.79 Å². The number of halogens is 1. The van der Waals surface area contributed by atoms with E-state index in [9.17, 15) is 4.79 Å². The summed E-state index contributed by atoms with van der Waals surface area (Å²) in [4.78, 5) is 13.5. The van der Waals surface area contributed by atoms with Gasteiger partial charge in [-0.2, -0.15) is 0 Å². The van der Waals surface area contributed by atoms with E-state index in [1.165, 1.54) is 0 Å². The highest BCUT2D eigenvalue weighted by Crippen LogP contribution is 2.20. The molecule has 0 spiro atoms. The lowest BCUT2D eigenvalue weighted by molar-refractivity contribution is 0.0482. The first-order valence-corrected chi connectivity index (χ1v) is 5.67. The van der Waals surface area contributed by atoms with E-state index in [4.69, 9.17) is 10.5 Å². The summed E-state index contributed by atoms with van der Waals surface area (Å²) in [5.41, 5.74) is 6.67. The van der Waals surface area contributed by atoms with E-state index < -0.39 is 0 Å². The zero-order valence-corrected chi connectivity index (χ0v) is 11.0. The molecule has 0 heterocycles. The Morgan fingerprint density at radius 3 is 2.75 bits per heavy atom. The minimum absolute atomic E-state index is 0.346. The first kappa shape index (κ1) is 13.0. The Bertz CT molecular complexity index is 380. The quantitative estimate of drug-likeness (QED) is 0.677. The van der Waals surface area contributed by atoms with E-state index in [0.29, 0.717) is 24.4 Å². The maximum absolute atomic E-state index is 11.6. The van der Waals surface area contributed by atoms with Gasteiger partial charge in [-0.05, 0) is 48.2 Å². The summed E-state index contributed by atoms with van der Waals surface area (Å²) in [5.74, 6) is -0.346. The van der Waals surface area contributed by atoms with Gasteiger partial charge in [0.25, 0.3) is 0 Å². The molecule has 0 saturated carbocycles. The third kappa shape index (κ3) is 3.83. The van der Waals surface area contributed by atoms with Crippen LogP contribution in [0.4, 0.5) is 5.69 Å².